The average molecular weight is 268 g/mol. The molecule has 0 aliphatic carbocycles. The maximum atomic E-state index is 3.69. The molecule has 19 heavy (non-hydrogen) atoms. The first kappa shape index (κ1) is 15.2. The van der Waals surface area contributed by atoms with E-state index in [1.54, 1.807) is 0 Å². The summed E-state index contributed by atoms with van der Waals surface area (Å²) in [5.41, 5.74) is 0. The second-order valence-corrected chi connectivity index (χ2v) is 6.73. The summed E-state index contributed by atoms with van der Waals surface area (Å²) in [6, 6.07) is 0.733. The third-order valence-electron chi connectivity index (χ3n) is 4.56. The van der Waals surface area contributed by atoms with Crippen LogP contribution in [0, 0.1) is 5.92 Å². The molecule has 112 valence electrons. The van der Waals surface area contributed by atoms with Crippen LogP contribution in [0.2, 0.25) is 0 Å². The highest BCUT2D eigenvalue weighted by Crippen LogP contribution is 2.16. The Morgan fingerprint density at radius 3 is 2.42 bits per heavy atom. The summed E-state index contributed by atoms with van der Waals surface area (Å²) in [6.45, 7) is 12.3. The molecule has 2 aliphatic heterocycles. The van der Waals surface area contributed by atoms with Crippen molar-refractivity contribution in [2.45, 2.75) is 25.8 Å². The average Bonchev–Trinajstić information content (AvgIpc) is 2.38. The fourth-order valence-electron chi connectivity index (χ4n) is 3.21. The van der Waals surface area contributed by atoms with Gasteiger partial charge in [-0.1, -0.05) is 6.92 Å². The van der Waals surface area contributed by atoms with E-state index in [4.69, 9.17) is 0 Å². The Morgan fingerprint density at radius 2 is 1.79 bits per heavy atom. The van der Waals surface area contributed by atoms with Gasteiger partial charge < -0.3 is 10.2 Å². The number of rotatable bonds is 5. The lowest BCUT2D eigenvalue weighted by Gasteiger charge is -2.38. The van der Waals surface area contributed by atoms with Crippen LogP contribution in [0.4, 0.5) is 0 Å². The molecule has 0 amide bonds. The van der Waals surface area contributed by atoms with Crippen LogP contribution in [-0.2, 0) is 0 Å². The summed E-state index contributed by atoms with van der Waals surface area (Å²) < 4.78 is 0. The van der Waals surface area contributed by atoms with E-state index in [0.717, 1.165) is 12.0 Å². The van der Waals surface area contributed by atoms with Crippen LogP contribution in [0.5, 0.6) is 0 Å². The number of hydrogen-bond acceptors (Lipinski definition) is 4. The number of hydrogen-bond donors (Lipinski definition) is 1. The molecule has 1 N–H and O–H groups in total. The standard InChI is InChI=1S/C15H32N4/c1-14-4-5-16-15(12-14)13-19-10-8-18(9-11-19)7-6-17(2)3/h14-16H,4-13H2,1-3H3. The lowest BCUT2D eigenvalue weighted by molar-refractivity contribution is 0.110. The molecule has 0 radical (unpaired) electrons. The zero-order chi connectivity index (χ0) is 13.7. The highest BCUT2D eigenvalue weighted by molar-refractivity contribution is 4.81. The molecule has 0 spiro atoms. The molecular formula is C15H32N4. The van der Waals surface area contributed by atoms with Crippen LogP contribution in [0.15, 0.2) is 0 Å². The Kier molecular flexibility index (Phi) is 6.07. The van der Waals surface area contributed by atoms with Crippen molar-refractivity contribution in [1.29, 1.82) is 0 Å². The smallest absolute Gasteiger partial charge is 0.0197 e. The second kappa shape index (κ2) is 7.58. The Morgan fingerprint density at radius 1 is 1.11 bits per heavy atom. The Hall–Kier alpha value is -0.160. The molecule has 2 atom stereocenters. The van der Waals surface area contributed by atoms with Crippen LogP contribution >= 0.6 is 0 Å². The molecule has 0 aromatic heterocycles. The molecule has 4 nitrogen and oxygen atoms in total. The lowest BCUT2D eigenvalue weighted by atomic mass is 9.94. The number of likely N-dealkylation sites (N-methyl/N-ethyl adjacent to an activating group) is 1. The summed E-state index contributed by atoms with van der Waals surface area (Å²) in [6.07, 6.45) is 2.72. The first-order chi connectivity index (χ1) is 9.13. The quantitative estimate of drug-likeness (QED) is 0.786. The van der Waals surface area contributed by atoms with Crippen molar-refractivity contribution < 1.29 is 0 Å². The Balaban J connectivity index is 1.63. The Bertz CT molecular complexity index is 249. The van der Waals surface area contributed by atoms with Crippen molar-refractivity contribution in [3.63, 3.8) is 0 Å². The van der Waals surface area contributed by atoms with Gasteiger partial charge >= 0.3 is 0 Å². The minimum Gasteiger partial charge on any atom is -0.313 e. The van der Waals surface area contributed by atoms with Gasteiger partial charge in [-0.25, -0.2) is 0 Å². The van der Waals surface area contributed by atoms with E-state index in [-0.39, 0.29) is 0 Å². The highest BCUT2D eigenvalue weighted by Gasteiger charge is 2.23. The summed E-state index contributed by atoms with van der Waals surface area (Å²) in [5, 5.41) is 3.69. The van der Waals surface area contributed by atoms with Gasteiger partial charge in [-0.3, -0.25) is 9.80 Å². The van der Waals surface area contributed by atoms with Gasteiger partial charge in [0.25, 0.3) is 0 Å². The van der Waals surface area contributed by atoms with Crippen molar-refractivity contribution >= 4 is 0 Å². The van der Waals surface area contributed by atoms with Crippen molar-refractivity contribution in [2.75, 3.05) is 66.5 Å². The Labute approximate surface area is 119 Å². The van der Waals surface area contributed by atoms with Crippen molar-refractivity contribution in [1.82, 2.24) is 20.0 Å². The van der Waals surface area contributed by atoms with E-state index >= 15 is 0 Å². The van der Waals surface area contributed by atoms with Gasteiger partial charge in [0.1, 0.15) is 0 Å². The van der Waals surface area contributed by atoms with Crippen molar-refractivity contribution in [3.8, 4) is 0 Å². The van der Waals surface area contributed by atoms with E-state index in [2.05, 4.69) is 41.0 Å². The predicted octanol–water partition coefficient (Wildman–Crippen LogP) is 0.554. The van der Waals surface area contributed by atoms with Crippen LogP contribution in [0.25, 0.3) is 0 Å². The molecule has 0 bridgehead atoms. The zero-order valence-corrected chi connectivity index (χ0v) is 13.1. The van der Waals surface area contributed by atoms with Crippen LogP contribution in [-0.4, -0.2) is 87.2 Å². The summed E-state index contributed by atoms with van der Waals surface area (Å²) in [5.74, 6) is 0.910. The second-order valence-electron chi connectivity index (χ2n) is 6.73. The number of piperidine rings is 1. The first-order valence-electron chi connectivity index (χ1n) is 7.96. The summed E-state index contributed by atoms with van der Waals surface area (Å²) in [7, 11) is 4.32. The zero-order valence-electron chi connectivity index (χ0n) is 13.1. The van der Waals surface area contributed by atoms with Gasteiger partial charge in [0.15, 0.2) is 0 Å². The molecule has 2 aliphatic rings. The molecule has 0 aromatic carbocycles. The molecule has 4 heteroatoms. The number of piperazine rings is 1. The summed E-state index contributed by atoms with van der Waals surface area (Å²) in [4.78, 5) is 7.54. The molecule has 2 fully saturated rings. The predicted molar refractivity (Wildman–Crippen MR) is 81.6 cm³/mol. The largest absolute Gasteiger partial charge is 0.313 e. The van der Waals surface area contributed by atoms with Gasteiger partial charge in [-0.05, 0) is 39.4 Å². The van der Waals surface area contributed by atoms with Gasteiger partial charge in [0.05, 0.1) is 0 Å². The topological polar surface area (TPSA) is 21.8 Å². The molecule has 2 unspecified atom stereocenters. The van der Waals surface area contributed by atoms with Gasteiger partial charge in [-0.15, -0.1) is 0 Å². The van der Waals surface area contributed by atoms with E-state index < -0.39 is 0 Å². The van der Waals surface area contributed by atoms with E-state index in [1.807, 2.05) is 0 Å². The monoisotopic (exact) mass is 268 g/mol. The third-order valence-corrected chi connectivity index (χ3v) is 4.56. The molecule has 2 heterocycles. The van der Waals surface area contributed by atoms with Crippen molar-refractivity contribution in [2.24, 2.45) is 5.92 Å². The molecule has 0 aromatic rings. The maximum Gasteiger partial charge on any atom is 0.0197 e. The normalized spacial score (nSPS) is 30.9. The first-order valence-corrected chi connectivity index (χ1v) is 7.96. The van der Waals surface area contributed by atoms with E-state index in [0.29, 0.717) is 0 Å². The van der Waals surface area contributed by atoms with Crippen LogP contribution in [0.3, 0.4) is 0 Å². The van der Waals surface area contributed by atoms with Crippen LogP contribution in [0.1, 0.15) is 19.8 Å². The maximum absolute atomic E-state index is 3.69. The van der Waals surface area contributed by atoms with Gasteiger partial charge in [0.2, 0.25) is 0 Å². The number of nitrogens with zero attached hydrogens (tertiary/aromatic N) is 3. The van der Waals surface area contributed by atoms with Crippen molar-refractivity contribution in [3.05, 3.63) is 0 Å². The fraction of sp³-hybridized carbons (Fsp3) is 1.00. The van der Waals surface area contributed by atoms with Gasteiger partial charge in [-0.2, -0.15) is 0 Å². The fourth-order valence-corrected chi connectivity index (χ4v) is 3.21. The minimum absolute atomic E-state index is 0.733. The van der Waals surface area contributed by atoms with E-state index in [1.165, 1.54) is 65.2 Å². The molecule has 0 saturated carbocycles. The summed E-state index contributed by atoms with van der Waals surface area (Å²) >= 11 is 0. The molecule has 2 rings (SSSR count). The SMILES string of the molecule is CC1CCNC(CN2CCN(CCN(C)C)CC2)C1. The third kappa shape index (κ3) is 5.38. The molecular weight excluding hydrogens is 236 g/mol. The molecule has 2 saturated heterocycles. The van der Waals surface area contributed by atoms with Gasteiger partial charge in [0, 0.05) is 51.9 Å². The number of nitrogens with one attached hydrogen (secondary N) is 1. The highest BCUT2D eigenvalue weighted by atomic mass is 15.3. The van der Waals surface area contributed by atoms with Crippen LogP contribution < -0.4 is 5.32 Å². The minimum atomic E-state index is 0.733. The van der Waals surface area contributed by atoms with E-state index in [9.17, 15) is 0 Å². The lowest BCUT2D eigenvalue weighted by Crippen LogP contribution is -2.52.